The fraction of sp³-hybridized carbons (Fsp3) is 1.00. The molecule has 0 aromatic carbocycles. The molecule has 1 aliphatic heterocycles. The standard InChI is InChI=1S/C2H4O.K.H3OSi/c1-2-3-1;;1-2/h1-2H2;;2H3/q;+1;-1. The molecule has 0 N–H and O–H groups in total. The SMILES string of the molecule is C1CO1.[K+].[O-][SiH3]. The summed E-state index contributed by atoms with van der Waals surface area (Å²) in [6.45, 7) is 2.00. The molecule has 0 unspecified atom stereocenters. The van der Waals surface area contributed by atoms with Crippen molar-refractivity contribution in [1.82, 2.24) is 0 Å². The van der Waals surface area contributed by atoms with Gasteiger partial charge in [0.25, 0.3) is 0 Å². The van der Waals surface area contributed by atoms with Gasteiger partial charge in [0, 0.05) is 0 Å². The van der Waals surface area contributed by atoms with Gasteiger partial charge >= 0.3 is 51.4 Å². The van der Waals surface area contributed by atoms with Crippen LogP contribution < -0.4 is 56.2 Å². The Morgan fingerprint density at radius 2 is 1.50 bits per heavy atom. The maximum Gasteiger partial charge on any atom is 1.00 e. The Morgan fingerprint density at radius 3 is 1.50 bits per heavy atom. The Hall–Kier alpha value is 1.77. The summed E-state index contributed by atoms with van der Waals surface area (Å²) in [4.78, 5) is 8.39. The van der Waals surface area contributed by atoms with Crippen molar-refractivity contribution in [2.75, 3.05) is 13.2 Å². The van der Waals surface area contributed by atoms with E-state index in [9.17, 15) is 0 Å². The molecule has 0 radical (unpaired) electrons. The molecule has 1 fully saturated rings. The van der Waals surface area contributed by atoms with Crippen molar-refractivity contribution >= 4 is 10.5 Å². The molecule has 32 valence electrons. The third kappa shape index (κ3) is 17.1. The van der Waals surface area contributed by atoms with E-state index in [1.165, 1.54) is 0 Å². The van der Waals surface area contributed by atoms with Crippen LogP contribution in [0.5, 0.6) is 0 Å². The van der Waals surface area contributed by atoms with E-state index in [-0.39, 0.29) is 61.9 Å². The van der Waals surface area contributed by atoms with E-state index in [0.29, 0.717) is 0 Å². The van der Waals surface area contributed by atoms with Gasteiger partial charge < -0.3 is 9.53 Å². The van der Waals surface area contributed by atoms with E-state index in [2.05, 4.69) is 4.74 Å². The first-order valence-corrected chi connectivity index (χ1v) is 2.30. The maximum absolute atomic E-state index is 8.39. The molecule has 0 aromatic rings. The zero-order valence-electron chi connectivity index (χ0n) is 4.23. The predicted octanol–water partition coefficient (Wildman–Crippen LogP) is -5.35. The first-order valence-electron chi connectivity index (χ1n) is 1.49. The van der Waals surface area contributed by atoms with Crippen LogP contribution in [0.2, 0.25) is 0 Å². The van der Waals surface area contributed by atoms with Crippen molar-refractivity contribution in [2.24, 2.45) is 0 Å². The van der Waals surface area contributed by atoms with Crippen molar-refractivity contribution < 1.29 is 60.9 Å². The predicted molar refractivity (Wildman–Crippen MR) is 20.8 cm³/mol. The average Bonchev–Trinajstić information content (AvgIpc) is 2.19. The number of epoxide rings is 1. The number of hydrogen-bond acceptors (Lipinski definition) is 2. The van der Waals surface area contributed by atoms with Gasteiger partial charge in [-0.1, -0.05) is 10.5 Å². The summed E-state index contributed by atoms with van der Waals surface area (Å²) in [6, 6.07) is 0. The maximum atomic E-state index is 8.39. The zero-order valence-corrected chi connectivity index (χ0v) is 9.35. The first kappa shape index (κ1) is 10.7. The summed E-state index contributed by atoms with van der Waals surface area (Å²) < 4.78 is 4.50. The van der Waals surface area contributed by atoms with Crippen LogP contribution in [0.1, 0.15) is 0 Å². The van der Waals surface area contributed by atoms with Crippen LogP contribution in [0.15, 0.2) is 0 Å². The number of rotatable bonds is 0. The fourth-order valence-corrected chi connectivity index (χ4v) is 0. The van der Waals surface area contributed by atoms with Gasteiger partial charge in [-0.25, -0.2) is 0 Å². The molecule has 0 spiro atoms. The van der Waals surface area contributed by atoms with Crippen LogP contribution in [0.3, 0.4) is 0 Å². The molecule has 4 heteroatoms. The zero-order chi connectivity index (χ0) is 4.12. The summed E-state index contributed by atoms with van der Waals surface area (Å²) in [5.74, 6) is 0. The van der Waals surface area contributed by atoms with E-state index >= 15 is 0 Å². The van der Waals surface area contributed by atoms with E-state index in [1.807, 2.05) is 0 Å². The van der Waals surface area contributed by atoms with E-state index in [0.717, 1.165) is 13.2 Å². The molecular weight excluding hydrogens is 123 g/mol. The Labute approximate surface area is 83.2 Å². The molecule has 1 rings (SSSR count). The average molecular weight is 130 g/mol. The second kappa shape index (κ2) is 9.91. The summed E-state index contributed by atoms with van der Waals surface area (Å²) in [7, 11) is 0.0556. The summed E-state index contributed by atoms with van der Waals surface area (Å²) in [5, 5.41) is 0. The van der Waals surface area contributed by atoms with Crippen molar-refractivity contribution in [3.8, 4) is 0 Å². The van der Waals surface area contributed by atoms with Crippen molar-refractivity contribution in [1.29, 1.82) is 0 Å². The largest absolute Gasteiger partial charge is 1.00 e. The summed E-state index contributed by atoms with van der Waals surface area (Å²) >= 11 is 0. The minimum Gasteiger partial charge on any atom is -0.865 e. The minimum atomic E-state index is 0. The summed E-state index contributed by atoms with van der Waals surface area (Å²) in [5.41, 5.74) is 0. The molecular formula is C2H7KO2Si. The van der Waals surface area contributed by atoms with Gasteiger partial charge in [-0.05, 0) is 0 Å². The molecule has 0 aromatic heterocycles. The molecule has 2 nitrogen and oxygen atoms in total. The smallest absolute Gasteiger partial charge is 0.865 e. The van der Waals surface area contributed by atoms with Gasteiger partial charge in [0.2, 0.25) is 0 Å². The van der Waals surface area contributed by atoms with Crippen LogP contribution in [0.4, 0.5) is 0 Å². The Morgan fingerprint density at radius 1 is 1.33 bits per heavy atom. The van der Waals surface area contributed by atoms with Crippen LogP contribution in [0.25, 0.3) is 0 Å². The Bertz CT molecular complexity index is 16.3. The number of hydrogen-bond donors (Lipinski definition) is 0. The first-order chi connectivity index (χ1) is 2.50. The molecule has 1 heterocycles. The molecule has 1 aliphatic rings. The van der Waals surface area contributed by atoms with Gasteiger partial charge in [-0.15, -0.1) is 0 Å². The monoisotopic (exact) mass is 130 g/mol. The fourth-order valence-electron chi connectivity index (χ4n) is 0. The van der Waals surface area contributed by atoms with Crippen LogP contribution in [-0.4, -0.2) is 23.7 Å². The van der Waals surface area contributed by atoms with Crippen LogP contribution in [-0.2, 0) is 4.74 Å². The van der Waals surface area contributed by atoms with E-state index < -0.39 is 0 Å². The quantitative estimate of drug-likeness (QED) is 0.242. The van der Waals surface area contributed by atoms with Crippen LogP contribution >= 0.6 is 0 Å². The summed E-state index contributed by atoms with van der Waals surface area (Å²) in [6.07, 6.45) is 0. The Balaban J connectivity index is 0. The van der Waals surface area contributed by atoms with Gasteiger partial charge in [0.15, 0.2) is 0 Å². The molecule has 0 saturated carbocycles. The van der Waals surface area contributed by atoms with Gasteiger partial charge in [0.1, 0.15) is 0 Å². The van der Waals surface area contributed by atoms with Crippen molar-refractivity contribution in [3.05, 3.63) is 0 Å². The van der Waals surface area contributed by atoms with E-state index in [4.69, 9.17) is 4.80 Å². The van der Waals surface area contributed by atoms with Crippen LogP contribution in [0, 0.1) is 0 Å². The second-order valence-electron chi connectivity index (χ2n) is 0.612. The van der Waals surface area contributed by atoms with E-state index in [1.54, 1.807) is 0 Å². The third-order valence-corrected chi connectivity index (χ3v) is 0.204. The molecule has 1 saturated heterocycles. The third-order valence-electron chi connectivity index (χ3n) is 0.204. The molecule has 0 amide bonds. The normalized spacial score (nSPS) is 13.5. The van der Waals surface area contributed by atoms with Gasteiger partial charge in [-0.3, -0.25) is 0 Å². The molecule has 0 bridgehead atoms. The minimum absolute atomic E-state index is 0. The molecule has 6 heavy (non-hydrogen) atoms. The Kier molecular flexibility index (Phi) is 17.7. The van der Waals surface area contributed by atoms with Crippen molar-refractivity contribution in [2.45, 2.75) is 0 Å². The van der Waals surface area contributed by atoms with Gasteiger partial charge in [0.05, 0.1) is 13.2 Å². The second-order valence-corrected chi connectivity index (χ2v) is 0.612. The molecule has 0 aliphatic carbocycles. The molecule has 0 atom stereocenters. The van der Waals surface area contributed by atoms with Gasteiger partial charge in [-0.2, -0.15) is 0 Å². The van der Waals surface area contributed by atoms with Crippen molar-refractivity contribution in [3.63, 3.8) is 0 Å². The topological polar surface area (TPSA) is 35.6 Å². The number of ether oxygens (including phenoxy) is 1.